The smallest absolute Gasteiger partial charge is 0.220 e. The number of nitrogens with one attached hydrogen (secondary N) is 1. The summed E-state index contributed by atoms with van der Waals surface area (Å²) in [5, 5.41) is 15.1. The van der Waals surface area contributed by atoms with Crippen molar-refractivity contribution < 1.29 is 9.32 Å². The molecule has 0 aromatic carbocycles. The number of hydrogen-bond acceptors (Lipinski definition) is 5. The Morgan fingerprint density at radius 2 is 1.96 bits per heavy atom. The molecule has 2 aromatic heterocycles. The van der Waals surface area contributed by atoms with Crippen LogP contribution in [0.1, 0.15) is 67.7 Å². The van der Waals surface area contributed by atoms with E-state index in [1.165, 1.54) is 0 Å². The Hall–Kier alpha value is -2.18. The van der Waals surface area contributed by atoms with Crippen molar-refractivity contribution in [2.75, 3.05) is 0 Å². The molecule has 2 rings (SSSR count). The lowest BCUT2D eigenvalue weighted by Crippen LogP contribution is -2.25. The molecule has 7 nitrogen and oxygen atoms in total. The molecule has 126 valence electrons. The Kier molecular flexibility index (Phi) is 5.18. The van der Waals surface area contributed by atoms with Gasteiger partial charge in [0.05, 0.1) is 12.2 Å². The standard InChI is InChI=1S/C16H25N5O2/c1-9(2)16-19-18-13(21(16)6)8-17-14(22)7-10(3)15-11(4)20-23-12(15)5/h9-10H,7-8H2,1-6H3,(H,17,22)/t10-/m0/s1. The molecule has 23 heavy (non-hydrogen) atoms. The van der Waals surface area contributed by atoms with Gasteiger partial charge in [0.1, 0.15) is 11.6 Å². The summed E-state index contributed by atoms with van der Waals surface area (Å²) in [4.78, 5) is 12.2. The predicted octanol–water partition coefficient (Wildman–Crippen LogP) is 2.35. The molecular formula is C16H25N5O2. The zero-order valence-corrected chi connectivity index (χ0v) is 14.7. The van der Waals surface area contributed by atoms with Crippen LogP contribution in [0.4, 0.5) is 0 Å². The molecule has 1 atom stereocenters. The van der Waals surface area contributed by atoms with Crippen molar-refractivity contribution in [1.29, 1.82) is 0 Å². The molecule has 0 saturated heterocycles. The van der Waals surface area contributed by atoms with Crippen LogP contribution < -0.4 is 5.32 Å². The molecule has 0 spiro atoms. The van der Waals surface area contributed by atoms with E-state index in [1.54, 1.807) is 0 Å². The van der Waals surface area contributed by atoms with Crippen LogP contribution in [-0.4, -0.2) is 25.8 Å². The van der Waals surface area contributed by atoms with Gasteiger partial charge < -0.3 is 14.4 Å². The van der Waals surface area contributed by atoms with Gasteiger partial charge >= 0.3 is 0 Å². The lowest BCUT2D eigenvalue weighted by atomic mass is 9.96. The van der Waals surface area contributed by atoms with Gasteiger partial charge in [-0.1, -0.05) is 25.9 Å². The molecule has 7 heteroatoms. The highest BCUT2D eigenvalue weighted by Crippen LogP contribution is 2.25. The molecule has 0 radical (unpaired) electrons. The second-order valence-electron chi connectivity index (χ2n) is 6.31. The molecule has 1 amide bonds. The minimum absolute atomic E-state index is 0.0217. The number of carbonyl (C=O) groups is 1. The van der Waals surface area contributed by atoms with Crippen molar-refractivity contribution in [3.05, 3.63) is 28.7 Å². The zero-order chi connectivity index (χ0) is 17.1. The Balaban J connectivity index is 1.93. The largest absolute Gasteiger partial charge is 0.361 e. The summed E-state index contributed by atoms with van der Waals surface area (Å²) in [6.07, 6.45) is 0.387. The van der Waals surface area contributed by atoms with E-state index in [0.717, 1.165) is 28.7 Å². The Bertz CT molecular complexity index is 667. The van der Waals surface area contributed by atoms with E-state index < -0.39 is 0 Å². The van der Waals surface area contributed by atoms with Crippen molar-refractivity contribution >= 4 is 5.91 Å². The van der Waals surface area contributed by atoms with Crippen LogP contribution in [0.5, 0.6) is 0 Å². The fourth-order valence-electron chi connectivity index (χ4n) is 2.86. The Morgan fingerprint density at radius 3 is 2.48 bits per heavy atom. The Labute approximate surface area is 136 Å². The first-order valence-corrected chi connectivity index (χ1v) is 7.88. The van der Waals surface area contributed by atoms with E-state index in [0.29, 0.717) is 18.9 Å². The molecular weight excluding hydrogens is 294 g/mol. The zero-order valence-electron chi connectivity index (χ0n) is 14.7. The van der Waals surface area contributed by atoms with Gasteiger partial charge in [0.15, 0.2) is 5.82 Å². The number of aryl methyl sites for hydroxylation is 2. The van der Waals surface area contributed by atoms with E-state index in [-0.39, 0.29) is 11.8 Å². The van der Waals surface area contributed by atoms with Crippen LogP contribution in [0.25, 0.3) is 0 Å². The van der Waals surface area contributed by atoms with Crippen LogP contribution in [0, 0.1) is 13.8 Å². The first-order valence-electron chi connectivity index (χ1n) is 7.88. The highest BCUT2D eigenvalue weighted by atomic mass is 16.5. The highest BCUT2D eigenvalue weighted by molar-refractivity contribution is 5.76. The third-order valence-electron chi connectivity index (χ3n) is 4.03. The molecule has 0 unspecified atom stereocenters. The maximum absolute atomic E-state index is 12.2. The van der Waals surface area contributed by atoms with E-state index in [4.69, 9.17) is 4.52 Å². The van der Waals surface area contributed by atoms with Crippen LogP contribution in [0.3, 0.4) is 0 Å². The van der Waals surface area contributed by atoms with Gasteiger partial charge in [-0.2, -0.15) is 0 Å². The molecule has 0 aliphatic heterocycles. The summed E-state index contributed by atoms with van der Waals surface area (Å²) >= 11 is 0. The minimum Gasteiger partial charge on any atom is -0.361 e. The summed E-state index contributed by atoms with van der Waals surface area (Å²) in [5.41, 5.74) is 1.86. The van der Waals surface area contributed by atoms with Crippen molar-refractivity contribution in [1.82, 2.24) is 25.2 Å². The van der Waals surface area contributed by atoms with Gasteiger partial charge in [0.25, 0.3) is 0 Å². The van der Waals surface area contributed by atoms with Crippen molar-refractivity contribution in [3.8, 4) is 0 Å². The van der Waals surface area contributed by atoms with E-state index in [2.05, 4.69) is 34.5 Å². The second kappa shape index (κ2) is 6.93. The molecule has 2 heterocycles. The lowest BCUT2D eigenvalue weighted by Gasteiger charge is -2.11. The number of hydrogen-bond donors (Lipinski definition) is 1. The number of rotatable bonds is 6. The summed E-state index contributed by atoms with van der Waals surface area (Å²) in [5.74, 6) is 2.79. The molecule has 1 N–H and O–H groups in total. The van der Waals surface area contributed by atoms with Gasteiger partial charge in [-0.25, -0.2) is 0 Å². The van der Waals surface area contributed by atoms with Crippen LogP contribution in [-0.2, 0) is 18.4 Å². The van der Waals surface area contributed by atoms with Gasteiger partial charge in [-0.05, 0) is 19.8 Å². The molecule has 0 aliphatic carbocycles. The van der Waals surface area contributed by atoms with Crippen LogP contribution in [0.15, 0.2) is 4.52 Å². The predicted molar refractivity (Wildman–Crippen MR) is 85.9 cm³/mol. The van der Waals surface area contributed by atoms with Gasteiger partial charge in [-0.15, -0.1) is 10.2 Å². The van der Waals surface area contributed by atoms with E-state index >= 15 is 0 Å². The SMILES string of the molecule is Cc1noc(C)c1[C@@H](C)CC(=O)NCc1nnc(C(C)C)n1C. The maximum Gasteiger partial charge on any atom is 0.220 e. The third-order valence-corrected chi connectivity index (χ3v) is 4.03. The monoisotopic (exact) mass is 319 g/mol. The average molecular weight is 319 g/mol. The molecule has 0 aliphatic rings. The molecule has 0 fully saturated rings. The van der Waals surface area contributed by atoms with Crippen LogP contribution in [0.2, 0.25) is 0 Å². The molecule has 0 bridgehead atoms. The molecule has 2 aromatic rings. The fraction of sp³-hybridized carbons (Fsp3) is 0.625. The van der Waals surface area contributed by atoms with Gasteiger partial charge in [-0.3, -0.25) is 4.79 Å². The van der Waals surface area contributed by atoms with Gasteiger partial charge in [0, 0.05) is 24.9 Å². The first-order chi connectivity index (χ1) is 10.8. The third kappa shape index (κ3) is 3.78. The topological polar surface area (TPSA) is 85.8 Å². The van der Waals surface area contributed by atoms with Crippen molar-refractivity contribution in [2.24, 2.45) is 7.05 Å². The molecule has 0 saturated carbocycles. The van der Waals surface area contributed by atoms with Crippen molar-refractivity contribution in [2.45, 2.75) is 59.4 Å². The average Bonchev–Trinajstić information content (AvgIpc) is 2.99. The second-order valence-corrected chi connectivity index (χ2v) is 6.31. The number of aromatic nitrogens is 4. The highest BCUT2D eigenvalue weighted by Gasteiger charge is 2.19. The van der Waals surface area contributed by atoms with Gasteiger partial charge in [0.2, 0.25) is 5.91 Å². The van der Waals surface area contributed by atoms with E-state index in [1.807, 2.05) is 32.4 Å². The quantitative estimate of drug-likeness (QED) is 0.883. The van der Waals surface area contributed by atoms with Crippen molar-refractivity contribution in [3.63, 3.8) is 0 Å². The lowest BCUT2D eigenvalue weighted by molar-refractivity contribution is -0.121. The first kappa shape index (κ1) is 17.2. The number of carbonyl (C=O) groups excluding carboxylic acids is 1. The fourth-order valence-corrected chi connectivity index (χ4v) is 2.86. The maximum atomic E-state index is 12.2. The summed E-state index contributed by atoms with van der Waals surface area (Å²) < 4.78 is 7.10. The van der Waals surface area contributed by atoms with Crippen LogP contribution >= 0.6 is 0 Å². The Morgan fingerprint density at radius 1 is 1.26 bits per heavy atom. The summed E-state index contributed by atoms with van der Waals surface area (Å²) in [7, 11) is 1.92. The number of amides is 1. The number of nitrogens with zero attached hydrogens (tertiary/aromatic N) is 4. The normalized spacial score (nSPS) is 12.7. The summed E-state index contributed by atoms with van der Waals surface area (Å²) in [6.45, 7) is 10.3. The minimum atomic E-state index is -0.0217. The van der Waals surface area contributed by atoms with E-state index in [9.17, 15) is 4.79 Å². The summed E-state index contributed by atoms with van der Waals surface area (Å²) in [6, 6.07) is 0.